The number of fused-ring (bicyclic) bond motifs is 1. The van der Waals surface area contributed by atoms with Gasteiger partial charge < -0.3 is 19.3 Å². The summed E-state index contributed by atoms with van der Waals surface area (Å²) in [5.74, 6) is 0.990. The highest BCUT2D eigenvalue weighted by atomic mass is 32.2. The molecule has 0 aliphatic carbocycles. The minimum Gasteiger partial charge on any atom is -0.474 e. The predicted molar refractivity (Wildman–Crippen MR) is 117 cm³/mol. The molecule has 184 valence electrons. The van der Waals surface area contributed by atoms with Crippen LogP contribution in [0.3, 0.4) is 0 Å². The van der Waals surface area contributed by atoms with Crippen molar-refractivity contribution in [3.63, 3.8) is 0 Å². The molecule has 0 saturated carbocycles. The van der Waals surface area contributed by atoms with Crippen molar-refractivity contribution in [3.05, 3.63) is 36.2 Å². The summed E-state index contributed by atoms with van der Waals surface area (Å²) in [6.45, 7) is -0.501. The number of halogens is 3. The summed E-state index contributed by atoms with van der Waals surface area (Å²) in [4.78, 5) is 24.0. The predicted octanol–water partition coefficient (Wildman–Crippen LogP) is 3.75. The fourth-order valence-electron chi connectivity index (χ4n) is 3.96. The molecule has 1 aromatic heterocycles. The Labute approximate surface area is 194 Å². The van der Waals surface area contributed by atoms with Crippen molar-refractivity contribution in [3.8, 4) is 5.88 Å². The van der Waals surface area contributed by atoms with Crippen molar-refractivity contribution in [1.82, 2.24) is 14.9 Å². The first-order valence-electron chi connectivity index (χ1n) is 10.6. The fourth-order valence-corrected chi connectivity index (χ4v) is 4.66. The standard InChI is InChI=1S/C21H24F3N5O4S/c1-34(25,31)16-2-3-17-14(10-16)4-9-29(17)18-11-19(27-13-26-18)33-15-5-7-28(8-6-15)20(30)32-12-21(22,23)24/h2-3,10-11,13,15,25H,4-9,12H2,1H3. The van der Waals surface area contributed by atoms with E-state index in [4.69, 9.17) is 9.52 Å². The van der Waals surface area contributed by atoms with Gasteiger partial charge in [-0.3, -0.25) is 0 Å². The summed E-state index contributed by atoms with van der Waals surface area (Å²) in [5.41, 5.74) is 1.91. The third kappa shape index (κ3) is 5.69. The highest BCUT2D eigenvalue weighted by Gasteiger charge is 2.32. The van der Waals surface area contributed by atoms with E-state index in [-0.39, 0.29) is 19.2 Å². The number of aromatic nitrogens is 2. The second-order valence-electron chi connectivity index (χ2n) is 8.22. The Bertz CT molecular complexity index is 1170. The van der Waals surface area contributed by atoms with Crippen molar-refractivity contribution >= 4 is 27.3 Å². The lowest BCUT2D eigenvalue weighted by molar-refractivity contribution is -0.162. The molecule has 1 N–H and O–H groups in total. The number of ether oxygens (including phenoxy) is 2. The van der Waals surface area contributed by atoms with Crippen LogP contribution in [0.4, 0.5) is 29.5 Å². The summed E-state index contributed by atoms with van der Waals surface area (Å²) < 4.78 is 66.8. The van der Waals surface area contributed by atoms with Crippen LogP contribution in [-0.4, -0.2) is 69.9 Å². The molecule has 34 heavy (non-hydrogen) atoms. The van der Waals surface area contributed by atoms with E-state index in [9.17, 15) is 22.2 Å². The lowest BCUT2D eigenvalue weighted by atomic mass is 10.1. The maximum absolute atomic E-state index is 12.2. The third-order valence-corrected chi connectivity index (χ3v) is 6.80. The first-order chi connectivity index (χ1) is 16.0. The number of anilines is 2. The summed E-state index contributed by atoms with van der Waals surface area (Å²) in [7, 11) is -2.80. The van der Waals surface area contributed by atoms with Crippen LogP contribution >= 0.6 is 0 Å². The van der Waals surface area contributed by atoms with Crippen LogP contribution < -0.4 is 9.64 Å². The highest BCUT2D eigenvalue weighted by Crippen LogP contribution is 2.35. The maximum atomic E-state index is 12.2. The molecule has 2 aromatic rings. The quantitative estimate of drug-likeness (QED) is 0.667. The highest BCUT2D eigenvalue weighted by molar-refractivity contribution is 7.91. The van der Waals surface area contributed by atoms with Crippen molar-refractivity contribution < 1.29 is 31.6 Å². The van der Waals surface area contributed by atoms with Crippen molar-refractivity contribution in [1.29, 1.82) is 4.78 Å². The maximum Gasteiger partial charge on any atom is 0.422 e. The first-order valence-corrected chi connectivity index (χ1v) is 12.6. The number of rotatable bonds is 5. The molecule has 0 radical (unpaired) electrons. The molecule has 1 amide bonds. The monoisotopic (exact) mass is 499 g/mol. The summed E-state index contributed by atoms with van der Waals surface area (Å²) in [5, 5.41) is 0. The van der Waals surface area contributed by atoms with E-state index >= 15 is 0 Å². The van der Waals surface area contributed by atoms with E-state index in [1.165, 1.54) is 17.5 Å². The Morgan fingerprint density at radius 3 is 2.62 bits per heavy atom. The molecule has 1 aromatic carbocycles. The molecule has 1 saturated heterocycles. The van der Waals surface area contributed by atoms with Crippen LogP contribution in [0, 0.1) is 4.78 Å². The fraction of sp³-hybridized carbons (Fsp3) is 0.476. The number of amides is 1. The molecule has 0 bridgehead atoms. The Balaban J connectivity index is 1.36. The van der Waals surface area contributed by atoms with Crippen LogP contribution in [0.25, 0.3) is 0 Å². The topological polar surface area (TPSA) is 109 Å². The Hall–Kier alpha value is -3.09. The molecule has 1 unspecified atom stereocenters. The van der Waals surface area contributed by atoms with E-state index in [0.29, 0.717) is 36.0 Å². The normalized spacial score (nSPS) is 18.4. The molecule has 3 heterocycles. The van der Waals surface area contributed by atoms with Crippen LogP contribution in [0.2, 0.25) is 0 Å². The number of hydrogen-bond donors (Lipinski definition) is 1. The molecule has 1 atom stereocenters. The van der Waals surface area contributed by atoms with Gasteiger partial charge in [0, 0.05) is 55.4 Å². The van der Waals surface area contributed by atoms with Gasteiger partial charge in [0.15, 0.2) is 6.61 Å². The lowest BCUT2D eigenvalue weighted by Crippen LogP contribution is -2.42. The van der Waals surface area contributed by atoms with Gasteiger partial charge in [0.2, 0.25) is 5.88 Å². The van der Waals surface area contributed by atoms with Gasteiger partial charge in [-0.05, 0) is 30.2 Å². The van der Waals surface area contributed by atoms with Gasteiger partial charge in [0.1, 0.15) is 18.2 Å². The third-order valence-electron chi connectivity index (χ3n) is 5.65. The number of alkyl halides is 3. The van der Waals surface area contributed by atoms with Crippen LogP contribution in [-0.2, 0) is 20.9 Å². The summed E-state index contributed by atoms with van der Waals surface area (Å²) in [6, 6.07) is 7.04. The van der Waals surface area contributed by atoms with E-state index in [2.05, 4.69) is 14.7 Å². The molecular weight excluding hydrogens is 475 g/mol. The second-order valence-corrected chi connectivity index (χ2v) is 10.4. The van der Waals surface area contributed by atoms with Gasteiger partial charge in [0.25, 0.3) is 0 Å². The van der Waals surface area contributed by atoms with Crippen LogP contribution in [0.15, 0.2) is 35.5 Å². The summed E-state index contributed by atoms with van der Waals surface area (Å²) >= 11 is 0. The zero-order chi connectivity index (χ0) is 24.5. The molecule has 1 fully saturated rings. The Morgan fingerprint density at radius 1 is 1.21 bits per heavy atom. The first kappa shape index (κ1) is 24.0. The Kier molecular flexibility index (Phi) is 6.56. The number of piperidine rings is 1. The largest absolute Gasteiger partial charge is 0.474 e. The number of carbonyl (C=O) groups excluding carboxylic acids is 1. The number of nitrogens with one attached hydrogen (secondary N) is 1. The van der Waals surface area contributed by atoms with Crippen molar-refractivity contribution in [2.75, 3.05) is 37.4 Å². The SMILES string of the molecule is CS(=N)(=O)c1ccc2c(c1)CCN2c1cc(OC2CCN(C(=O)OCC(F)(F)F)CC2)ncn1. The van der Waals surface area contributed by atoms with Gasteiger partial charge in [-0.25, -0.2) is 23.8 Å². The van der Waals surface area contributed by atoms with Crippen molar-refractivity contribution in [2.45, 2.75) is 36.4 Å². The number of nitrogens with zero attached hydrogens (tertiary/aromatic N) is 4. The zero-order valence-corrected chi connectivity index (χ0v) is 19.2. The molecule has 2 aliphatic rings. The van der Waals surface area contributed by atoms with E-state index < -0.39 is 28.6 Å². The molecule has 0 spiro atoms. The van der Waals surface area contributed by atoms with E-state index in [1.54, 1.807) is 18.2 Å². The molecular formula is C21H24F3N5O4S. The second kappa shape index (κ2) is 9.28. The molecule has 4 rings (SSSR count). The zero-order valence-electron chi connectivity index (χ0n) is 18.4. The van der Waals surface area contributed by atoms with Gasteiger partial charge >= 0.3 is 12.3 Å². The number of likely N-dealkylation sites (tertiary alicyclic amines) is 1. The Morgan fingerprint density at radius 2 is 1.94 bits per heavy atom. The lowest BCUT2D eigenvalue weighted by Gasteiger charge is -2.31. The van der Waals surface area contributed by atoms with Gasteiger partial charge in [-0.1, -0.05) is 0 Å². The average Bonchev–Trinajstić information content (AvgIpc) is 3.20. The molecule has 9 nitrogen and oxygen atoms in total. The number of hydrogen-bond acceptors (Lipinski definition) is 8. The van der Waals surface area contributed by atoms with Gasteiger partial charge in [-0.2, -0.15) is 13.2 Å². The minimum absolute atomic E-state index is 0.220. The van der Waals surface area contributed by atoms with Gasteiger partial charge in [-0.15, -0.1) is 0 Å². The smallest absolute Gasteiger partial charge is 0.422 e. The summed E-state index contributed by atoms with van der Waals surface area (Å²) in [6.07, 6.45) is -1.42. The number of carbonyl (C=O) groups is 1. The van der Waals surface area contributed by atoms with Crippen molar-refractivity contribution in [2.24, 2.45) is 0 Å². The van der Waals surface area contributed by atoms with Crippen LogP contribution in [0.5, 0.6) is 5.88 Å². The molecule has 13 heteroatoms. The average molecular weight is 500 g/mol. The number of benzene rings is 1. The molecule has 2 aliphatic heterocycles. The van der Waals surface area contributed by atoms with Crippen LogP contribution in [0.1, 0.15) is 18.4 Å². The van der Waals surface area contributed by atoms with Gasteiger partial charge in [0.05, 0.1) is 9.73 Å². The minimum atomic E-state index is -4.56. The van der Waals surface area contributed by atoms with E-state index in [1.807, 2.05) is 11.0 Å². The van der Waals surface area contributed by atoms with E-state index in [0.717, 1.165) is 17.7 Å².